The molecule has 1 unspecified atom stereocenters. The molecule has 1 aliphatic carbocycles. The smallest absolute Gasteiger partial charge is 0.211 e. The summed E-state index contributed by atoms with van der Waals surface area (Å²) >= 11 is 0. The Balaban J connectivity index is 0.00000261. The number of hydrogen-bond acceptors (Lipinski definition) is 3. The first-order valence-electron chi connectivity index (χ1n) is 9.45. The molecule has 27 heavy (non-hydrogen) atoms. The van der Waals surface area contributed by atoms with Crippen LogP contribution in [0.25, 0.3) is 0 Å². The average molecular weight is 506 g/mol. The summed E-state index contributed by atoms with van der Waals surface area (Å²) in [6.07, 6.45) is 5.43. The fourth-order valence-electron chi connectivity index (χ4n) is 3.98. The van der Waals surface area contributed by atoms with E-state index in [1.54, 1.807) is 11.4 Å². The van der Waals surface area contributed by atoms with E-state index in [0.29, 0.717) is 24.9 Å². The summed E-state index contributed by atoms with van der Waals surface area (Å²) < 4.78 is 24.7. The molecule has 3 rings (SSSR count). The molecule has 1 aliphatic heterocycles. The molecule has 1 aromatic carbocycles. The molecule has 2 N–H and O–H groups in total. The van der Waals surface area contributed by atoms with Crippen LogP contribution in [0.2, 0.25) is 0 Å². The summed E-state index contributed by atoms with van der Waals surface area (Å²) in [4.78, 5) is 4.33. The highest BCUT2D eigenvalue weighted by atomic mass is 127. The van der Waals surface area contributed by atoms with Crippen LogP contribution in [0.1, 0.15) is 36.3 Å². The maximum atomic E-state index is 11.6. The van der Waals surface area contributed by atoms with Crippen molar-refractivity contribution in [1.29, 1.82) is 0 Å². The van der Waals surface area contributed by atoms with Gasteiger partial charge >= 0.3 is 0 Å². The Morgan fingerprint density at radius 3 is 2.48 bits per heavy atom. The van der Waals surface area contributed by atoms with Gasteiger partial charge in [-0.1, -0.05) is 24.3 Å². The van der Waals surface area contributed by atoms with Crippen LogP contribution < -0.4 is 10.6 Å². The molecule has 0 amide bonds. The van der Waals surface area contributed by atoms with Crippen molar-refractivity contribution in [2.75, 3.05) is 39.5 Å². The second kappa shape index (κ2) is 10.1. The molecule has 152 valence electrons. The number of rotatable bonds is 5. The largest absolute Gasteiger partial charge is 0.356 e. The Morgan fingerprint density at radius 2 is 1.81 bits per heavy atom. The molecular weight excluding hydrogens is 475 g/mol. The fourth-order valence-corrected chi connectivity index (χ4v) is 4.86. The average Bonchev–Trinajstić information content (AvgIpc) is 3.05. The van der Waals surface area contributed by atoms with Crippen LogP contribution in [0.5, 0.6) is 0 Å². The van der Waals surface area contributed by atoms with Crippen LogP contribution in [-0.4, -0.2) is 58.2 Å². The molecular formula is C19H31IN4O2S. The Bertz CT molecular complexity index is 746. The molecule has 0 spiro atoms. The summed E-state index contributed by atoms with van der Waals surface area (Å²) in [5.41, 5.74) is 2.93. The van der Waals surface area contributed by atoms with E-state index >= 15 is 0 Å². The molecule has 8 heteroatoms. The predicted molar refractivity (Wildman–Crippen MR) is 121 cm³/mol. The van der Waals surface area contributed by atoms with Gasteiger partial charge in [0.25, 0.3) is 0 Å². The third-order valence-corrected chi connectivity index (χ3v) is 6.90. The minimum Gasteiger partial charge on any atom is -0.356 e. The number of aliphatic imine (C=N–C) groups is 1. The summed E-state index contributed by atoms with van der Waals surface area (Å²) in [6, 6.07) is 8.70. The molecule has 1 fully saturated rings. The van der Waals surface area contributed by atoms with Gasteiger partial charge in [-0.2, -0.15) is 0 Å². The number of benzene rings is 1. The van der Waals surface area contributed by atoms with Gasteiger partial charge < -0.3 is 10.6 Å². The van der Waals surface area contributed by atoms with Gasteiger partial charge in [0.1, 0.15) is 0 Å². The van der Waals surface area contributed by atoms with Gasteiger partial charge in [0.05, 0.1) is 6.26 Å². The first-order chi connectivity index (χ1) is 12.5. The second-order valence-electron chi connectivity index (χ2n) is 7.37. The fraction of sp³-hybridized carbons (Fsp3) is 0.632. The molecule has 1 atom stereocenters. The number of aryl methyl sites for hydroxylation is 1. The minimum atomic E-state index is -3.05. The first-order valence-corrected chi connectivity index (χ1v) is 11.3. The second-order valence-corrected chi connectivity index (χ2v) is 9.36. The highest BCUT2D eigenvalue weighted by Gasteiger charge is 2.25. The van der Waals surface area contributed by atoms with E-state index in [1.807, 2.05) is 0 Å². The van der Waals surface area contributed by atoms with E-state index in [-0.39, 0.29) is 24.0 Å². The van der Waals surface area contributed by atoms with Crippen LogP contribution in [-0.2, 0) is 16.4 Å². The van der Waals surface area contributed by atoms with Crippen molar-refractivity contribution in [2.24, 2.45) is 10.9 Å². The monoisotopic (exact) mass is 506 g/mol. The lowest BCUT2D eigenvalue weighted by molar-refractivity contribution is 0.275. The normalized spacial score (nSPS) is 21.4. The summed E-state index contributed by atoms with van der Waals surface area (Å²) in [5, 5.41) is 6.87. The Labute approximate surface area is 180 Å². The third kappa shape index (κ3) is 6.05. The van der Waals surface area contributed by atoms with Crippen molar-refractivity contribution >= 4 is 40.0 Å². The van der Waals surface area contributed by atoms with Crippen LogP contribution in [0.3, 0.4) is 0 Å². The Kier molecular flexibility index (Phi) is 8.36. The van der Waals surface area contributed by atoms with E-state index in [9.17, 15) is 8.42 Å². The lowest BCUT2D eigenvalue weighted by Crippen LogP contribution is -2.44. The highest BCUT2D eigenvalue weighted by molar-refractivity contribution is 14.0. The number of nitrogens with one attached hydrogen (secondary N) is 2. The zero-order valence-corrected chi connectivity index (χ0v) is 19.3. The van der Waals surface area contributed by atoms with E-state index in [2.05, 4.69) is 39.9 Å². The standard InChI is InChI=1S/C19H30N4O2S.HI/c1-20-19(21-13-15-9-11-23(12-10-15)26(2,24)25)22-14-17-8-7-16-5-3-4-6-18(16)17;/h3-6,15,17H,7-14H2,1-2H3,(H2,20,21,22);1H. The van der Waals surface area contributed by atoms with E-state index in [0.717, 1.165) is 38.3 Å². The van der Waals surface area contributed by atoms with Crippen molar-refractivity contribution in [1.82, 2.24) is 14.9 Å². The molecule has 1 aromatic rings. The van der Waals surface area contributed by atoms with Crippen molar-refractivity contribution in [3.63, 3.8) is 0 Å². The van der Waals surface area contributed by atoms with Gasteiger partial charge in [-0.25, -0.2) is 12.7 Å². The zero-order valence-electron chi connectivity index (χ0n) is 16.1. The van der Waals surface area contributed by atoms with Gasteiger partial charge in [0, 0.05) is 39.1 Å². The number of sulfonamides is 1. The van der Waals surface area contributed by atoms with Gasteiger partial charge in [-0.3, -0.25) is 4.99 Å². The maximum Gasteiger partial charge on any atom is 0.211 e. The lowest BCUT2D eigenvalue weighted by Gasteiger charge is -2.30. The Hall–Kier alpha value is -0.870. The molecule has 6 nitrogen and oxygen atoms in total. The van der Waals surface area contributed by atoms with Crippen LogP contribution >= 0.6 is 24.0 Å². The number of halogens is 1. The van der Waals surface area contributed by atoms with Gasteiger partial charge in [-0.15, -0.1) is 24.0 Å². The van der Waals surface area contributed by atoms with Crippen LogP contribution in [0, 0.1) is 5.92 Å². The molecule has 0 radical (unpaired) electrons. The summed E-state index contributed by atoms with van der Waals surface area (Å²) in [6.45, 7) is 2.97. The van der Waals surface area contributed by atoms with E-state index in [1.165, 1.54) is 23.8 Å². The quantitative estimate of drug-likeness (QED) is 0.365. The van der Waals surface area contributed by atoms with E-state index < -0.39 is 10.0 Å². The lowest BCUT2D eigenvalue weighted by atomic mass is 9.98. The number of hydrogen-bond donors (Lipinski definition) is 2. The predicted octanol–water partition coefficient (Wildman–Crippen LogP) is 2.17. The molecule has 1 saturated heterocycles. The number of guanidine groups is 1. The van der Waals surface area contributed by atoms with Crippen molar-refractivity contribution in [2.45, 2.75) is 31.6 Å². The minimum absolute atomic E-state index is 0. The highest BCUT2D eigenvalue weighted by Crippen LogP contribution is 2.32. The molecule has 0 saturated carbocycles. The third-order valence-electron chi connectivity index (χ3n) is 5.60. The van der Waals surface area contributed by atoms with Crippen LogP contribution in [0.15, 0.2) is 29.3 Å². The number of piperidine rings is 1. The van der Waals surface area contributed by atoms with Gasteiger partial charge in [-0.05, 0) is 42.7 Å². The van der Waals surface area contributed by atoms with Gasteiger partial charge in [0.2, 0.25) is 10.0 Å². The summed E-state index contributed by atoms with van der Waals surface area (Å²) in [7, 11) is -1.26. The van der Waals surface area contributed by atoms with Crippen molar-refractivity contribution in [3.05, 3.63) is 35.4 Å². The zero-order chi connectivity index (χ0) is 18.6. The number of nitrogens with zero attached hydrogens (tertiary/aromatic N) is 2. The van der Waals surface area contributed by atoms with Crippen molar-refractivity contribution < 1.29 is 8.42 Å². The molecule has 0 aromatic heterocycles. The van der Waals surface area contributed by atoms with Crippen LogP contribution in [0.4, 0.5) is 0 Å². The topological polar surface area (TPSA) is 73.8 Å². The van der Waals surface area contributed by atoms with E-state index in [4.69, 9.17) is 0 Å². The van der Waals surface area contributed by atoms with Gasteiger partial charge in [0.15, 0.2) is 5.96 Å². The molecule has 2 aliphatic rings. The maximum absolute atomic E-state index is 11.6. The Morgan fingerprint density at radius 1 is 1.15 bits per heavy atom. The van der Waals surface area contributed by atoms with Crippen molar-refractivity contribution in [3.8, 4) is 0 Å². The molecule has 1 heterocycles. The number of fused-ring (bicyclic) bond motifs is 1. The SMILES string of the molecule is CN=C(NCC1CCN(S(C)(=O)=O)CC1)NCC1CCc2ccccc21.I. The molecule has 0 bridgehead atoms. The first kappa shape index (κ1) is 22.4. The summed E-state index contributed by atoms with van der Waals surface area (Å²) in [5.74, 6) is 1.86.